The summed E-state index contributed by atoms with van der Waals surface area (Å²) >= 11 is 0. The van der Waals surface area contributed by atoms with E-state index in [0.717, 1.165) is 234 Å². The second-order valence-electron chi connectivity index (χ2n) is 50.0. The molecule has 0 saturated carbocycles. The highest BCUT2D eigenvalue weighted by Gasteiger charge is 2.42. The first kappa shape index (κ1) is 136. The van der Waals surface area contributed by atoms with Gasteiger partial charge in [0.2, 0.25) is 17.7 Å². The van der Waals surface area contributed by atoms with Crippen molar-refractivity contribution in [2.45, 2.75) is 329 Å². The van der Waals surface area contributed by atoms with Crippen LogP contribution >= 0.6 is 0 Å². The number of carbonyl (C=O) groups is 3. The van der Waals surface area contributed by atoms with Crippen LogP contribution in [0.1, 0.15) is 268 Å². The van der Waals surface area contributed by atoms with Crippen LogP contribution in [-0.2, 0) is 38.4 Å². The lowest BCUT2D eigenvalue weighted by atomic mass is 9.90. The first-order valence-corrected chi connectivity index (χ1v) is 60.2. The molecule has 6 N–H and O–H groups in total. The molecule has 29 nitrogen and oxygen atoms in total. The standard InChI is InChI=1S/C12H26N2O.C12H26N2.2C11H22N2O.C11H22N2.C10H20N2O.C10H22N2.C10H19NO.C9H19NO3.C9H19NO2S.C9H19NO/c1-11(2)5-6-14-7-8-15-12(10-14)9-13(3)4;1-11(2)5-8-14-9-6-12(7-10-14)13(3)4;1-9(2)3-6-13-7-4-10(5-8-13)11(12)14;1-10(2)4-5-12-6-8-13(9-7-12)11(3)14;1-9(2)4-5-13-8-10-6-11(13)7-12(10)3;1-9(2)4-5-12-7-6-11(3)10(13)8-12;1-10(2)4-5-12-8-6-11(3)7-9-12;1-8(2)3-4-11-6-10-5-9(11)7-12-10;1-5(2)3-6-8(12)9(13)7(11)4-10-6;1-9(2)3-4-10-5-7-13(11,12)8-6-10;1-9(2)3-4-10-5-7-11-8-6-10/h11-12H,5-10H2,1-4H3;11-12H,5-10H2,1-4H3;9-10H,3-8H2,1-2H3,(H2,12,14);10H,4-9H2,1-3H3;9-11H,4-8H2,1-3H3;9H,4-8H2,1-3H3;10H,4-9H2,1-3H3;8-10H,3-7H2,1-2H3;5-13H,3-4H2,1-2H3;9H,3-8H2,1-2H3;9H,3-8H2,1-2H3/t;;;;;;;9-,10-;6-,7+,8-,9-;;/m.......01../s1. The van der Waals surface area contributed by atoms with Crippen molar-refractivity contribution in [2.24, 2.45) is 76.7 Å². The van der Waals surface area contributed by atoms with Crippen molar-refractivity contribution in [3.05, 3.63) is 0 Å². The molecule has 13 rings (SSSR count). The number of amides is 3. The summed E-state index contributed by atoms with van der Waals surface area (Å²) in [7, 11) is 12.3. The highest BCUT2D eigenvalue weighted by atomic mass is 32.2. The van der Waals surface area contributed by atoms with Crippen molar-refractivity contribution < 1.29 is 52.3 Å². The van der Waals surface area contributed by atoms with Crippen molar-refractivity contribution >= 4 is 27.6 Å². The molecule has 13 saturated heterocycles. The molecule has 0 aromatic rings. The second-order valence-corrected chi connectivity index (χ2v) is 52.3. The fraction of sp³-hybridized carbons (Fsp3) is 0.974. The molecule has 13 aliphatic heterocycles. The number of nitrogens with one attached hydrogen (secondary N) is 1. The summed E-state index contributed by atoms with van der Waals surface area (Å²) in [5, 5.41) is 31.2. The first-order valence-electron chi connectivity index (χ1n) is 58.4. The van der Waals surface area contributed by atoms with Crippen LogP contribution in [0.3, 0.4) is 0 Å². The Balaban J connectivity index is 0.000000407. The summed E-state index contributed by atoms with van der Waals surface area (Å²) in [4.78, 5) is 71.6. The molecule has 854 valence electrons. The maximum absolute atomic E-state index is 11.3. The average molecular weight is 2070 g/mol. The molecule has 0 radical (unpaired) electrons. The molecule has 30 heteroatoms. The van der Waals surface area contributed by atoms with Crippen LogP contribution in [0.4, 0.5) is 0 Å². The minimum absolute atomic E-state index is 0.0987. The van der Waals surface area contributed by atoms with Crippen molar-refractivity contribution in [3.63, 3.8) is 0 Å². The molecule has 0 aromatic carbocycles. The number of likely N-dealkylation sites (N-methyl/N-ethyl adjacent to an activating group) is 4. The zero-order chi connectivity index (χ0) is 108. The number of piperazine rings is 4. The number of carbonyl (C=O) groups excluding carboxylic acids is 3. The summed E-state index contributed by atoms with van der Waals surface area (Å²) in [6, 6.07) is 3.24. The van der Waals surface area contributed by atoms with Crippen LogP contribution in [0.25, 0.3) is 0 Å². The number of morpholine rings is 3. The first-order chi connectivity index (χ1) is 67.8. The van der Waals surface area contributed by atoms with Crippen LogP contribution in [-0.4, -0.2) is 503 Å². The normalized spacial score (nSPS) is 25.5. The van der Waals surface area contributed by atoms with Crippen molar-refractivity contribution in [1.29, 1.82) is 0 Å². The fourth-order valence-corrected chi connectivity index (χ4v) is 21.1. The van der Waals surface area contributed by atoms with E-state index < -0.39 is 28.1 Å². The van der Waals surface area contributed by atoms with Gasteiger partial charge >= 0.3 is 0 Å². The van der Waals surface area contributed by atoms with Crippen LogP contribution < -0.4 is 11.1 Å². The van der Waals surface area contributed by atoms with E-state index in [1.807, 2.05) is 16.8 Å². The Kier molecular flexibility index (Phi) is 71.7. The number of sulfone groups is 1. The van der Waals surface area contributed by atoms with Crippen molar-refractivity contribution in [2.75, 3.05) is 323 Å². The Morgan fingerprint density at radius 2 is 0.819 bits per heavy atom. The van der Waals surface area contributed by atoms with Gasteiger partial charge in [-0.05, 0) is 308 Å². The predicted molar refractivity (Wildman–Crippen MR) is 605 cm³/mol. The van der Waals surface area contributed by atoms with E-state index in [-0.39, 0.29) is 29.7 Å². The molecular weight excluding hydrogens is 1830 g/mol. The highest BCUT2D eigenvalue weighted by molar-refractivity contribution is 7.91. The Morgan fingerprint density at radius 3 is 1.20 bits per heavy atom. The average Bonchev–Trinajstić information content (AvgIpc) is 1.64. The van der Waals surface area contributed by atoms with Crippen molar-refractivity contribution in [3.8, 4) is 0 Å². The number of rotatable bonds is 36. The van der Waals surface area contributed by atoms with Crippen LogP contribution in [0, 0.1) is 71.0 Å². The van der Waals surface area contributed by atoms with Gasteiger partial charge in [-0.2, -0.15) is 0 Å². The van der Waals surface area contributed by atoms with Gasteiger partial charge in [0.05, 0.1) is 68.9 Å². The van der Waals surface area contributed by atoms with Crippen LogP contribution in [0.2, 0.25) is 0 Å². The number of aliphatic hydroxyl groups is 3. The van der Waals surface area contributed by atoms with E-state index in [2.05, 4.69) is 269 Å². The monoisotopic (exact) mass is 2070 g/mol. The van der Waals surface area contributed by atoms with Crippen molar-refractivity contribution in [1.82, 2.24) is 83.7 Å². The summed E-state index contributed by atoms with van der Waals surface area (Å²) < 4.78 is 38.8. The van der Waals surface area contributed by atoms with Gasteiger partial charge in [0.1, 0.15) is 6.10 Å². The number of ether oxygens (including phenoxy) is 3. The van der Waals surface area contributed by atoms with Crippen LogP contribution in [0.5, 0.6) is 0 Å². The quantitative estimate of drug-likeness (QED) is 0.0390. The summed E-state index contributed by atoms with van der Waals surface area (Å²) in [6.45, 7) is 94.4. The third kappa shape index (κ3) is 64.0. The molecule has 3 amide bonds. The minimum Gasteiger partial charge on any atom is -0.389 e. The third-order valence-electron chi connectivity index (χ3n) is 30.8. The molecule has 13 fully saturated rings. The third-order valence-corrected chi connectivity index (χ3v) is 32.5. The molecular formula is C114H236N18O11S. The van der Waals surface area contributed by atoms with Gasteiger partial charge in [-0.25, -0.2) is 8.42 Å². The lowest BCUT2D eigenvalue weighted by molar-refractivity contribution is -0.134. The molecule has 13 heterocycles. The molecule has 0 aromatic heterocycles. The number of primary amides is 1. The largest absolute Gasteiger partial charge is 0.389 e. The lowest BCUT2D eigenvalue weighted by Crippen LogP contribution is -2.59. The molecule has 4 bridgehead atoms. The molecule has 0 spiro atoms. The fourth-order valence-electron chi connectivity index (χ4n) is 19.8. The topological polar surface area (TPSA) is 264 Å². The van der Waals surface area contributed by atoms with Crippen LogP contribution in [0.15, 0.2) is 0 Å². The zero-order valence-corrected chi connectivity index (χ0v) is 100.0. The summed E-state index contributed by atoms with van der Waals surface area (Å²) in [5.41, 5.74) is 5.28. The molecule has 3 unspecified atom stereocenters. The van der Waals surface area contributed by atoms with E-state index >= 15 is 0 Å². The minimum atomic E-state index is -2.70. The van der Waals surface area contributed by atoms with Gasteiger partial charge in [-0.1, -0.05) is 152 Å². The second kappa shape index (κ2) is 76.2. The number of likely N-dealkylation sites (tertiary alicyclic amines) is 5. The number of hydrogen-bond donors (Lipinski definition) is 5. The molecule has 9 atom stereocenters. The summed E-state index contributed by atoms with van der Waals surface area (Å²) in [5.74, 6) is 9.68. The Labute approximate surface area is 887 Å². The van der Waals surface area contributed by atoms with Gasteiger partial charge in [-0.15, -0.1) is 0 Å². The number of hydrogen-bond acceptors (Lipinski definition) is 26. The predicted octanol–water partition coefficient (Wildman–Crippen LogP) is 12.0. The SMILES string of the molecule is CC(=O)N1CCN(CCC(C)C)CC1.CC(C)CCN1CC2CC1CN2C.CC(C)CCN1CCC(C(N)=O)CC1.CC(C)CCN1CCC(N(C)C)CC1.CC(C)CCN1CCN(C)C(=O)C1.CC(C)CCN1CCN(C)CC1.CC(C)CCN1CCOC(CN(C)C)C1.CC(C)CCN1CCOCC1.CC(C)CCN1CCS(=O)(=O)CC1.CC(C)CCN1C[C@@H]2C[C@H]1CO2.CC(C)C[C@H]1NC[C@H](O)[C@@H](O)[C@@H]1O. The molecule has 144 heavy (non-hydrogen) atoms. The molecule has 13 aliphatic rings. The Morgan fingerprint density at radius 1 is 0.424 bits per heavy atom. The van der Waals surface area contributed by atoms with Gasteiger partial charge in [0.25, 0.3) is 0 Å². The number of nitrogens with zero attached hydrogens (tertiary/aromatic N) is 16. The Hall–Kier alpha value is -2.48. The number of nitrogens with two attached hydrogens (primary N) is 1. The Bertz CT molecular complexity index is 3220. The van der Waals surface area contributed by atoms with Gasteiger partial charge < -0.3 is 89.6 Å². The maximum Gasteiger partial charge on any atom is 0.236 e. The van der Waals surface area contributed by atoms with Gasteiger partial charge in [-0.3, -0.25) is 43.8 Å². The zero-order valence-electron chi connectivity index (χ0n) is 99.2. The maximum atomic E-state index is 11.3. The lowest BCUT2D eigenvalue weighted by Gasteiger charge is -2.36. The number of fused-ring (bicyclic) bond motifs is 4. The van der Waals surface area contributed by atoms with E-state index in [4.69, 9.17) is 19.9 Å². The van der Waals surface area contributed by atoms with E-state index in [1.165, 1.54) is 201 Å². The number of piperidine rings is 3. The number of aliphatic hydroxyl groups excluding tert-OH is 3. The molecule has 0 aliphatic carbocycles. The van der Waals surface area contributed by atoms with Gasteiger partial charge in [0.15, 0.2) is 9.84 Å². The van der Waals surface area contributed by atoms with E-state index in [9.17, 15) is 38.1 Å². The number of β-amino-alcohol motifs (C(OH)–C–C–N with tert-alkyl or cyclic N) is 1. The van der Waals surface area contributed by atoms with Gasteiger partial charge in [0, 0.05) is 188 Å². The van der Waals surface area contributed by atoms with E-state index in [1.54, 1.807) is 6.92 Å². The van der Waals surface area contributed by atoms with E-state index in [0.29, 0.717) is 48.6 Å². The smallest absolute Gasteiger partial charge is 0.236 e. The highest BCUT2D eigenvalue weighted by Crippen LogP contribution is 2.31. The summed E-state index contributed by atoms with van der Waals surface area (Å²) in [6.07, 6.45) is 19.3.